The maximum absolute atomic E-state index is 10.4. The normalized spacial score (nSPS) is 39.0. The molecular weight excluding hydrogens is 262 g/mol. The third kappa shape index (κ3) is 2.79. The van der Waals surface area contributed by atoms with E-state index in [4.69, 9.17) is 9.47 Å². The van der Waals surface area contributed by atoms with Gasteiger partial charge in [0, 0.05) is 0 Å². The fraction of sp³-hybridized carbons (Fsp3) is 1.00. The highest BCUT2D eigenvalue weighted by Crippen LogP contribution is 2.37. The number of aliphatic hydroxyl groups is 3. The van der Waals surface area contributed by atoms with Gasteiger partial charge in [0.05, 0.1) is 25.9 Å². The predicted octanol–water partition coefficient (Wildman–Crippen LogP) is -1.66. The Kier molecular flexibility index (Phi) is 4.21. The fourth-order valence-electron chi connectivity index (χ4n) is 2.48. The summed E-state index contributed by atoms with van der Waals surface area (Å²) in [6.07, 6.45) is -3.09. The molecule has 0 aromatic rings. The molecule has 5 atom stereocenters. The first-order chi connectivity index (χ1) is 8.95. The Hall–Kier alpha value is -1.00. The number of hydrogen-bond donors (Lipinski definition) is 3. The standard InChI is InChI=1S/C10H17NO8/c12-6-4-17-9-8(6)18-5-10(9,14)7(13)2-1-3-19-11(15)16/h6-9,12-14H,1-5H2/p+1/t6-,7?,8+,9-,10+/m0/s1. The Morgan fingerprint density at radius 1 is 1.58 bits per heavy atom. The van der Waals surface area contributed by atoms with Gasteiger partial charge in [-0.05, 0) is 12.8 Å². The highest BCUT2D eigenvalue weighted by molar-refractivity contribution is 5.07. The SMILES string of the molecule is O=[N+]([O-])OCCCC(O)[C@]1(O)CO[C@@H]2[C@@H](O)CO[C@@H]21.[H+]. The smallest absolute Gasteiger partial charge is 0.390 e. The molecule has 0 amide bonds. The molecule has 0 radical (unpaired) electrons. The second-order valence-electron chi connectivity index (χ2n) is 4.80. The van der Waals surface area contributed by atoms with Crippen molar-refractivity contribution >= 4 is 0 Å². The van der Waals surface area contributed by atoms with Crippen molar-refractivity contribution in [3.8, 4) is 0 Å². The van der Waals surface area contributed by atoms with E-state index in [1.54, 1.807) is 0 Å². The zero-order chi connectivity index (χ0) is 14.0. The van der Waals surface area contributed by atoms with Crippen molar-refractivity contribution < 1.29 is 36.1 Å². The maximum Gasteiger partial charge on any atom is 1.00 e. The summed E-state index contributed by atoms with van der Waals surface area (Å²) in [4.78, 5) is 14.1. The summed E-state index contributed by atoms with van der Waals surface area (Å²) in [5.74, 6) is 0. The zero-order valence-electron chi connectivity index (χ0n) is 11.2. The van der Waals surface area contributed by atoms with Crippen LogP contribution in [0.2, 0.25) is 0 Å². The van der Waals surface area contributed by atoms with Crippen LogP contribution in [0.1, 0.15) is 14.3 Å². The van der Waals surface area contributed by atoms with Crippen LogP contribution in [-0.4, -0.2) is 70.2 Å². The molecule has 0 aromatic heterocycles. The second kappa shape index (κ2) is 5.55. The first-order valence-electron chi connectivity index (χ1n) is 6.04. The van der Waals surface area contributed by atoms with Gasteiger partial charge in [-0.25, -0.2) is 0 Å². The summed E-state index contributed by atoms with van der Waals surface area (Å²) in [6, 6.07) is 0. The van der Waals surface area contributed by atoms with E-state index in [1.165, 1.54) is 0 Å². The molecule has 9 nitrogen and oxygen atoms in total. The van der Waals surface area contributed by atoms with Crippen molar-refractivity contribution in [1.29, 1.82) is 0 Å². The summed E-state index contributed by atoms with van der Waals surface area (Å²) in [5, 5.41) is 39.0. The molecule has 0 spiro atoms. The zero-order valence-corrected chi connectivity index (χ0v) is 10.2. The molecule has 2 heterocycles. The van der Waals surface area contributed by atoms with Crippen LogP contribution in [0.3, 0.4) is 0 Å². The van der Waals surface area contributed by atoms with Gasteiger partial charge in [0.2, 0.25) is 0 Å². The fourth-order valence-corrected chi connectivity index (χ4v) is 2.48. The number of nitrogens with zero attached hydrogens (tertiary/aromatic N) is 1. The average Bonchev–Trinajstić information content (AvgIpc) is 2.88. The molecule has 1 unspecified atom stereocenters. The third-order valence-electron chi connectivity index (χ3n) is 3.52. The molecule has 110 valence electrons. The first-order valence-corrected chi connectivity index (χ1v) is 6.04. The summed E-state index contributed by atoms with van der Waals surface area (Å²) in [7, 11) is 0. The molecule has 0 bridgehead atoms. The Balaban J connectivity index is 0.00000200. The quantitative estimate of drug-likeness (QED) is 0.299. The molecule has 2 rings (SSSR count). The molecule has 3 N–H and O–H groups in total. The highest BCUT2D eigenvalue weighted by Gasteiger charge is 2.58. The van der Waals surface area contributed by atoms with Crippen molar-refractivity contribution in [3.05, 3.63) is 10.1 Å². The predicted molar refractivity (Wildman–Crippen MR) is 59.7 cm³/mol. The minimum atomic E-state index is -1.60. The van der Waals surface area contributed by atoms with Crippen LogP contribution in [-0.2, 0) is 14.3 Å². The molecule has 0 saturated carbocycles. The van der Waals surface area contributed by atoms with Gasteiger partial charge in [0.25, 0.3) is 5.09 Å². The molecule has 9 heteroatoms. The molecule has 2 saturated heterocycles. The van der Waals surface area contributed by atoms with Gasteiger partial charge < -0.3 is 29.6 Å². The monoisotopic (exact) mass is 280 g/mol. The van der Waals surface area contributed by atoms with Gasteiger partial charge in [-0.1, -0.05) is 0 Å². The molecule has 19 heavy (non-hydrogen) atoms. The van der Waals surface area contributed by atoms with E-state index < -0.39 is 35.1 Å². The molecule has 2 fully saturated rings. The second-order valence-corrected chi connectivity index (χ2v) is 4.80. The van der Waals surface area contributed by atoms with Crippen LogP contribution < -0.4 is 0 Å². The van der Waals surface area contributed by atoms with Crippen LogP contribution in [0.4, 0.5) is 0 Å². The van der Waals surface area contributed by atoms with Crippen LogP contribution in [0.15, 0.2) is 0 Å². The van der Waals surface area contributed by atoms with Crippen molar-refractivity contribution in [1.82, 2.24) is 0 Å². The van der Waals surface area contributed by atoms with E-state index in [0.717, 1.165) is 0 Å². The summed E-state index contributed by atoms with van der Waals surface area (Å²) in [6.45, 7) is -0.246. The van der Waals surface area contributed by atoms with Crippen molar-refractivity contribution in [2.24, 2.45) is 0 Å². The Labute approximate surface area is 110 Å². The van der Waals surface area contributed by atoms with Crippen LogP contribution >= 0.6 is 0 Å². The lowest BCUT2D eigenvalue weighted by Crippen LogP contribution is -2.53. The van der Waals surface area contributed by atoms with Gasteiger partial charge in [0.15, 0.2) is 0 Å². The molecule has 2 aliphatic heterocycles. The Morgan fingerprint density at radius 2 is 2.32 bits per heavy atom. The lowest BCUT2D eigenvalue weighted by molar-refractivity contribution is -0.757. The van der Waals surface area contributed by atoms with Crippen LogP contribution in [0.25, 0.3) is 0 Å². The van der Waals surface area contributed by atoms with E-state index in [1.807, 2.05) is 0 Å². The topological polar surface area (TPSA) is 132 Å². The van der Waals surface area contributed by atoms with Crippen molar-refractivity contribution in [3.63, 3.8) is 0 Å². The van der Waals surface area contributed by atoms with E-state index in [2.05, 4.69) is 4.84 Å². The van der Waals surface area contributed by atoms with Crippen molar-refractivity contribution in [2.75, 3.05) is 19.8 Å². The van der Waals surface area contributed by atoms with E-state index in [-0.39, 0.29) is 34.1 Å². The molecule has 0 aliphatic carbocycles. The van der Waals surface area contributed by atoms with E-state index in [9.17, 15) is 25.4 Å². The van der Waals surface area contributed by atoms with Crippen LogP contribution in [0.5, 0.6) is 0 Å². The first kappa shape index (κ1) is 14.4. The summed E-state index contributed by atoms with van der Waals surface area (Å²) in [5.41, 5.74) is -1.60. The number of rotatable bonds is 6. The highest BCUT2D eigenvalue weighted by atomic mass is 16.9. The van der Waals surface area contributed by atoms with Crippen molar-refractivity contribution in [2.45, 2.75) is 42.9 Å². The lowest BCUT2D eigenvalue weighted by Gasteiger charge is -2.31. The summed E-state index contributed by atoms with van der Waals surface area (Å²) >= 11 is 0. The number of aliphatic hydroxyl groups excluding tert-OH is 2. The molecule has 2 aliphatic rings. The van der Waals surface area contributed by atoms with E-state index >= 15 is 0 Å². The van der Waals surface area contributed by atoms with Gasteiger partial charge in [-0.3, -0.25) is 0 Å². The van der Waals surface area contributed by atoms with Gasteiger partial charge in [0.1, 0.15) is 23.9 Å². The molecule has 0 aromatic carbocycles. The Morgan fingerprint density at radius 3 is 3.00 bits per heavy atom. The largest absolute Gasteiger partial charge is 1.00 e. The number of hydrogen-bond acceptors (Lipinski definition) is 8. The average molecular weight is 280 g/mol. The van der Waals surface area contributed by atoms with Gasteiger partial charge in [-0.2, -0.15) is 0 Å². The summed E-state index contributed by atoms with van der Waals surface area (Å²) < 4.78 is 10.5. The maximum atomic E-state index is 10.4. The minimum absolute atomic E-state index is 0. The van der Waals surface area contributed by atoms with E-state index in [0.29, 0.717) is 0 Å². The van der Waals surface area contributed by atoms with Crippen LogP contribution in [0, 0.1) is 10.1 Å². The minimum Gasteiger partial charge on any atom is -0.390 e. The third-order valence-corrected chi connectivity index (χ3v) is 3.52. The van der Waals surface area contributed by atoms with Gasteiger partial charge in [-0.15, -0.1) is 10.1 Å². The number of fused-ring (bicyclic) bond motifs is 1. The lowest BCUT2D eigenvalue weighted by atomic mass is 9.88. The van der Waals surface area contributed by atoms with Gasteiger partial charge >= 0.3 is 1.43 Å². The molecular formula is C10H18NO8+. The number of ether oxygens (including phenoxy) is 2. The Bertz CT molecular complexity index is 345.